The lowest BCUT2D eigenvalue weighted by Gasteiger charge is -2.33. The number of likely N-dealkylation sites (tertiary alicyclic amines) is 1. The predicted octanol–water partition coefficient (Wildman–Crippen LogP) is 2.84. The lowest BCUT2D eigenvalue weighted by atomic mass is 9.96. The topological polar surface area (TPSA) is 69.6 Å². The molecule has 0 saturated carbocycles. The fourth-order valence-corrected chi connectivity index (χ4v) is 2.74. The number of aliphatic carboxylic acids is 1. The molecular formula is C16H19F3N2O3. The molecule has 1 saturated heterocycles. The number of hydrogen-bond donors (Lipinski definition) is 2. The minimum Gasteiger partial charge on any atom is -0.481 e. The Labute approximate surface area is 137 Å². The highest BCUT2D eigenvalue weighted by atomic mass is 19.4. The molecule has 1 aliphatic rings. The van der Waals surface area contributed by atoms with Gasteiger partial charge in [0.25, 0.3) is 0 Å². The fraction of sp³-hybridized carbons (Fsp3) is 0.500. The van der Waals surface area contributed by atoms with E-state index in [9.17, 15) is 27.9 Å². The van der Waals surface area contributed by atoms with Crippen LogP contribution in [0.1, 0.15) is 24.3 Å². The highest BCUT2D eigenvalue weighted by Gasteiger charge is 2.41. The molecule has 24 heavy (non-hydrogen) atoms. The third-order valence-electron chi connectivity index (χ3n) is 4.20. The second-order valence-electron chi connectivity index (χ2n) is 5.79. The number of carboxylic acids is 1. The zero-order valence-electron chi connectivity index (χ0n) is 12.9. The molecular weight excluding hydrogens is 325 g/mol. The zero-order chi connectivity index (χ0) is 17.7. The van der Waals surface area contributed by atoms with Crippen LogP contribution in [0, 0.1) is 5.92 Å². The number of alkyl halides is 3. The van der Waals surface area contributed by atoms with Crippen LogP contribution in [0.15, 0.2) is 30.3 Å². The smallest absolute Gasteiger partial charge is 0.391 e. The van der Waals surface area contributed by atoms with E-state index in [-0.39, 0.29) is 32.5 Å². The molecule has 0 aliphatic carbocycles. The highest BCUT2D eigenvalue weighted by Crippen LogP contribution is 2.34. The number of nitrogens with one attached hydrogen (secondary N) is 1. The zero-order valence-corrected chi connectivity index (χ0v) is 12.9. The first-order valence-electron chi connectivity index (χ1n) is 7.66. The molecule has 1 atom stereocenters. The van der Waals surface area contributed by atoms with Crippen LogP contribution in [0.3, 0.4) is 0 Å². The van der Waals surface area contributed by atoms with Crippen LogP contribution in [-0.4, -0.2) is 47.8 Å². The summed E-state index contributed by atoms with van der Waals surface area (Å²) in [6, 6.07) is 7.94. The second-order valence-corrected chi connectivity index (χ2v) is 5.79. The Hall–Kier alpha value is -2.25. The van der Waals surface area contributed by atoms with Crippen molar-refractivity contribution in [3.63, 3.8) is 0 Å². The number of nitrogens with zero attached hydrogens (tertiary/aromatic N) is 1. The average Bonchev–Trinajstić information content (AvgIpc) is 2.55. The third kappa shape index (κ3) is 4.62. The summed E-state index contributed by atoms with van der Waals surface area (Å²) in [5.74, 6) is -3.35. The van der Waals surface area contributed by atoms with Crippen molar-refractivity contribution < 1.29 is 27.9 Å². The summed E-state index contributed by atoms with van der Waals surface area (Å²) < 4.78 is 37.8. The average molecular weight is 344 g/mol. The van der Waals surface area contributed by atoms with Crippen molar-refractivity contribution in [3.05, 3.63) is 35.9 Å². The van der Waals surface area contributed by atoms with Gasteiger partial charge in [0.05, 0.1) is 11.8 Å². The van der Waals surface area contributed by atoms with Crippen molar-refractivity contribution in [1.29, 1.82) is 0 Å². The first-order chi connectivity index (χ1) is 11.3. The number of halogens is 3. The summed E-state index contributed by atoms with van der Waals surface area (Å²) in [6.45, 7) is -0.0877. The number of hydrogen-bond acceptors (Lipinski definition) is 2. The number of benzene rings is 1. The lowest BCUT2D eigenvalue weighted by molar-refractivity contribution is -0.183. The second kappa shape index (κ2) is 7.55. The Morgan fingerprint density at radius 1 is 1.21 bits per heavy atom. The molecule has 1 unspecified atom stereocenters. The predicted molar refractivity (Wildman–Crippen MR) is 80.6 cm³/mol. The minimum absolute atomic E-state index is 0.0130. The van der Waals surface area contributed by atoms with Gasteiger partial charge in [0.1, 0.15) is 0 Å². The van der Waals surface area contributed by atoms with Crippen molar-refractivity contribution in [1.82, 2.24) is 10.2 Å². The van der Waals surface area contributed by atoms with Gasteiger partial charge in [-0.25, -0.2) is 4.79 Å². The standard InChI is InChI=1S/C16H19F3N2O3/c17-16(18,19)12-6-8-21(9-7-12)15(24)20-10-13(14(22)23)11-4-2-1-3-5-11/h1-5,12-13H,6-10H2,(H,20,24)(H,22,23). The van der Waals surface area contributed by atoms with E-state index in [1.807, 2.05) is 0 Å². The molecule has 1 aromatic carbocycles. The number of piperidine rings is 1. The van der Waals surface area contributed by atoms with Crippen molar-refractivity contribution in [2.45, 2.75) is 24.9 Å². The number of rotatable bonds is 4. The van der Waals surface area contributed by atoms with E-state index in [2.05, 4.69) is 5.32 Å². The van der Waals surface area contributed by atoms with Gasteiger partial charge in [0.2, 0.25) is 0 Å². The SMILES string of the molecule is O=C(O)C(CNC(=O)N1CCC(C(F)(F)F)CC1)c1ccccc1. The van der Waals surface area contributed by atoms with Gasteiger partial charge in [0, 0.05) is 19.6 Å². The normalized spacial score (nSPS) is 17.4. The Balaban J connectivity index is 1.87. The van der Waals surface area contributed by atoms with Gasteiger partial charge in [-0.2, -0.15) is 13.2 Å². The minimum atomic E-state index is -4.23. The molecule has 1 aromatic rings. The number of amides is 2. The van der Waals surface area contributed by atoms with E-state index in [0.29, 0.717) is 5.56 Å². The van der Waals surface area contributed by atoms with Gasteiger partial charge in [-0.15, -0.1) is 0 Å². The van der Waals surface area contributed by atoms with Gasteiger partial charge in [-0.1, -0.05) is 30.3 Å². The first kappa shape index (κ1) is 18.1. The molecule has 1 heterocycles. The molecule has 1 aliphatic heterocycles. The van der Waals surface area contributed by atoms with E-state index in [1.54, 1.807) is 30.3 Å². The molecule has 0 spiro atoms. The Morgan fingerprint density at radius 2 is 1.79 bits per heavy atom. The fourth-order valence-electron chi connectivity index (χ4n) is 2.74. The summed E-state index contributed by atoms with van der Waals surface area (Å²) in [5.41, 5.74) is 0.557. The molecule has 2 rings (SSSR count). The van der Waals surface area contributed by atoms with Crippen LogP contribution in [0.2, 0.25) is 0 Å². The Bertz CT molecular complexity index is 570. The molecule has 0 bridgehead atoms. The quantitative estimate of drug-likeness (QED) is 0.882. The molecule has 0 radical (unpaired) electrons. The van der Waals surface area contributed by atoms with Crippen LogP contribution < -0.4 is 5.32 Å². The first-order valence-corrected chi connectivity index (χ1v) is 7.66. The van der Waals surface area contributed by atoms with Crippen LogP contribution in [0.4, 0.5) is 18.0 Å². The largest absolute Gasteiger partial charge is 0.481 e. The molecule has 2 N–H and O–H groups in total. The maximum Gasteiger partial charge on any atom is 0.391 e. The Morgan fingerprint density at radius 3 is 2.29 bits per heavy atom. The van der Waals surface area contributed by atoms with Gasteiger partial charge in [0.15, 0.2) is 0 Å². The van der Waals surface area contributed by atoms with Crippen molar-refractivity contribution in [2.24, 2.45) is 5.92 Å². The molecule has 2 amide bonds. The van der Waals surface area contributed by atoms with Crippen LogP contribution in [0.5, 0.6) is 0 Å². The summed E-state index contributed by atoms with van der Waals surface area (Å²) in [5, 5.41) is 11.8. The molecule has 0 aromatic heterocycles. The van der Waals surface area contributed by atoms with E-state index in [1.165, 1.54) is 4.90 Å². The maximum atomic E-state index is 12.6. The van der Waals surface area contributed by atoms with E-state index in [0.717, 1.165) is 0 Å². The molecule has 132 valence electrons. The summed E-state index contributed by atoms with van der Waals surface area (Å²) in [4.78, 5) is 24.7. The molecule has 1 fully saturated rings. The van der Waals surface area contributed by atoms with E-state index >= 15 is 0 Å². The van der Waals surface area contributed by atoms with Gasteiger partial charge in [-0.05, 0) is 18.4 Å². The monoisotopic (exact) mass is 344 g/mol. The number of carbonyl (C=O) groups excluding carboxylic acids is 1. The molecule has 5 nitrogen and oxygen atoms in total. The van der Waals surface area contributed by atoms with Gasteiger partial charge < -0.3 is 15.3 Å². The van der Waals surface area contributed by atoms with Gasteiger partial charge >= 0.3 is 18.2 Å². The van der Waals surface area contributed by atoms with Gasteiger partial charge in [-0.3, -0.25) is 4.79 Å². The third-order valence-corrected chi connectivity index (χ3v) is 4.20. The van der Waals surface area contributed by atoms with Crippen molar-refractivity contribution >= 4 is 12.0 Å². The maximum absolute atomic E-state index is 12.6. The van der Waals surface area contributed by atoms with Crippen molar-refractivity contribution in [2.75, 3.05) is 19.6 Å². The van der Waals surface area contributed by atoms with Crippen LogP contribution in [0.25, 0.3) is 0 Å². The summed E-state index contributed by atoms with van der Waals surface area (Å²) >= 11 is 0. The molecule has 8 heteroatoms. The number of urea groups is 1. The lowest BCUT2D eigenvalue weighted by Crippen LogP contribution is -2.47. The van der Waals surface area contributed by atoms with Crippen molar-refractivity contribution in [3.8, 4) is 0 Å². The van der Waals surface area contributed by atoms with E-state index < -0.39 is 30.0 Å². The summed E-state index contributed by atoms with van der Waals surface area (Å²) in [7, 11) is 0. The number of carbonyl (C=O) groups is 2. The van der Waals surface area contributed by atoms with Crippen LogP contribution >= 0.6 is 0 Å². The summed E-state index contributed by atoms with van der Waals surface area (Å²) in [6.07, 6.45) is -4.49. The van der Waals surface area contributed by atoms with E-state index in [4.69, 9.17) is 0 Å². The highest BCUT2D eigenvalue weighted by molar-refractivity contribution is 5.79. The number of carboxylic acid groups (broad SMARTS) is 1. The van der Waals surface area contributed by atoms with Crippen LogP contribution in [-0.2, 0) is 4.79 Å². The Kier molecular flexibility index (Phi) is 5.69.